The highest BCUT2D eigenvalue weighted by atomic mass is 32.2. The Morgan fingerprint density at radius 1 is 1.20 bits per heavy atom. The standard InChI is InChI=1S/C15H24N2O2S/c1-4-7-17-20(18,19)15-9-13(10-16-14-5-6-14)11(2)8-12(15)3/h8-9,14,16-17H,4-7,10H2,1-3H3. The number of hydrogen-bond donors (Lipinski definition) is 2. The lowest BCUT2D eigenvalue weighted by Gasteiger charge is -2.14. The van der Waals surface area contributed by atoms with Crippen molar-refractivity contribution in [1.29, 1.82) is 0 Å². The first-order valence-electron chi connectivity index (χ1n) is 7.27. The minimum atomic E-state index is -3.39. The van der Waals surface area contributed by atoms with Gasteiger partial charge in [0.15, 0.2) is 0 Å². The average Bonchev–Trinajstić information content (AvgIpc) is 3.19. The third kappa shape index (κ3) is 3.81. The lowest BCUT2D eigenvalue weighted by molar-refractivity contribution is 0.579. The smallest absolute Gasteiger partial charge is 0.240 e. The van der Waals surface area contributed by atoms with Crippen molar-refractivity contribution in [3.8, 4) is 0 Å². The van der Waals surface area contributed by atoms with Crippen molar-refractivity contribution in [2.45, 2.75) is 57.5 Å². The number of rotatable bonds is 7. The van der Waals surface area contributed by atoms with Crippen LogP contribution in [0.3, 0.4) is 0 Å². The summed E-state index contributed by atoms with van der Waals surface area (Å²) in [4.78, 5) is 0.407. The molecule has 1 saturated carbocycles. The van der Waals surface area contributed by atoms with Crippen LogP contribution in [0.25, 0.3) is 0 Å². The Hall–Kier alpha value is -0.910. The molecule has 4 nitrogen and oxygen atoms in total. The molecular weight excluding hydrogens is 272 g/mol. The Kier molecular flexibility index (Phi) is 4.83. The molecule has 0 heterocycles. The molecule has 0 atom stereocenters. The normalized spacial score (nSPS) is 15.6. The average molecular weight is 296 g/mol. The molecule has 0 saturated heterocycles. The van der Waals surface area contributed by atoms with E-state index in [1.165, 1.54) is 12.8 Å². The molecule has 0 bridgehead atoms. The molecule has 1 aromatic rings. The summed E-state index contributed by atoms with van der Waals surface area (Å²) in [7, 11) is -3.39. The van der Waals surface area contributed by atoms with Gasteiger partial charge in [-0.3, -0.25) is 0 Å². The van der Waals surface area contributed by atoms with Crippen LogP contribution in [-0.4, -0.2) is 21.0 Å². The van der Waals surface area contributed by atoms with Gasteiger partial charge in [-0.05, 0) is 55.9 Å². The van der Waals surface area contributed by atoms with Crippen molar-refractivity contribution in [3.63, 3.8) is 0 Å². The Bertz CT molecular complexity index is 578. The monoisotopic (exact) mass is 296 g/mol. The fraction of sp³-hybridized carbons (Fsp3) is 0.600. The van der Waals surface area contributed by atoms with E-state index in [2.05, 4.69) is 10.0 Å². The first kappa shape index (κ1) is 15.5. The Balaban J connectivity index is 2.24. The van der Waals surface area contributed by atoms with Gasteiger partial charge in [0.05, 0.1) is 4.90 Å². The maximum absolute atomic E-state index is 12.3. The van der Waals surface area contributed by atoms with E-state index in [4.69, 9.17) is 0 Å². The Morgan fingerprint density at radius 3 is 2.50 bits per heavy atom. The second kappa shape index (κ2) is 6.24. The Morgan fingerprint density at radius 2 is 1.90 bits per heavy atom. The van der Waals surface area contributed by atoms with E-state index in [0.717, 1.165) is 29.7 Å². The van der Waals surface area contributed by atoms with Crippen molar-refractivity contribution in [2.75, 3.05) is 6.54 Å². The fourth-order valence-electron chi connectivity index (χ4n) is 2.21. The van der Waals surface area contributed by atoms with Crippen LogP contribution in [-0.2, 0) is 16.6 Å². The molecule has 1 fully saturated rings. The molecule has 1 aliphatic carbocycles. The van der Waals surface area contributed by atoms with Gasteiger partial charge in [-0.2, -0.15) is 0 Å². The van der Waals surface area contributed by atoms with Gasteiger partial charge in [-0.15, -0.1) is 0 Å². The first-order valence-corrected chi connectivity index (χ1v) is 8.75. The van der Waals surface area contributed by atoms with Crippen LogP contribution in [0.1, 0.15) is 42.9 Å². The molecule has 0 unspecified atom stereocenters. The second-order valence-electron chi connectivity index (χ2n) is 5.60. The summed E-state index contributed by atoms with van der Waals surface area (Å²) in [5.41, 5.74) is 3.02. The molecule has 2 rings (SSSR count). The van der Waals surface area contributed by atoms with Crippen molar-refractivity contribution >= 4 is 10.0 Å². The maximum Gasteiger partial charge on any atom is 0.240 e. The van der Waals surface area contributed by atoms with E-state index in [1.807, 2.05) is 32.9 Å². The SMILES string of the molecule is CCCNS(=O)(=O)c1cc(CNC2CC2)c(C)cc1C. The summed E-state index contributed by atoms with van der Waals surface area (Å²) >= 11 is 0. The van der Waals surface area contributed by atoms with Crippen molar-refractivity contribution in [2.24, 2.45) is 0 Å². The van der Waals surface area contributed by atoms with E-state index in [0.29, 0.717) is 17.5 Å². The van der Waals surface area contributed by atoms with Gasteiger partial charge in [-0.1, -0.05) is 13.0 Å². The van der Waals surface area contributed by atoms with Crippen LogP contribution >= 0.6 is 0 Å². The minimum Gasteiger partial charge on any atom is -0.310 e. The lowest BCUT2D eigenvalue weighted by Crippen LogP contribution is -2.25. The molecule has 0 spiro atoms. The third-order valence-electron chi connectivity index (χ3n) is 3.62. The quantitative estimate of drug-likeness (QED) is 0.811. The van der Waals surface area contributed by atoms with Gasteiger partial charge >= 0.3 is 0 Å². The molecule has 0 radical (unpaired) electrons. The van der Waals surface area contributed by atoms with Crippen LogP contribution in [0.15, 0.2) is 17.0 Å². The highest BCUT2D eigenvalue weighted by molar-refractivity contribution is 7.89. The zero-order chi connectivity index (χ0) is 14.8. The highest BCUT2D eigenvalue weighted by Crippen LogP contribution is 2.23. The van der Waals surface area contributed by atoms with Gasteiger partial charge < -0.3 is 5.32 Å². The molecule has 0 aromatic heterocycles. The second-order valence-corrected chi connectivity index (χ2v) is 7.33. The molecule has 20 heavy (non-hydrogen) atoms. The first-order chi connectivity index (χ1) is 9.44. The highest BCUT2D eigenvalue weighted by Gasteiger charge is 2.22. The fourth-order valence-corrected chi connectivity index (χ4v) is 3.62. The summed E-state index contributed by atoms with van der Waals surface area (Å²) in [5, 5.41) is 3.44. The molecule has 0 aliphatic heterocycles. The van der Waals surface area contributed by atoms with Gasteiger partial charge in [-0.25, -0.2) is 13.1 Å². The predicted molar refractivity (Wildman–Crippen MR) is 81.3 cm³/mol. The Labute approximate surface area is 122 Å². The van der Waals surface area contributed by atoms with E-state index in [9.17, 15) is 8.42 Å². The van der Waals surface area contributed by atoms with Crippen LogP contribution < -0.4 is 10.0 Å². The molecule has 2 N–H and O–H groups in total. The summed E-state index contributed by atoms with van der Waals surface area (Å²) < 4.78 is 27.2. The third-order valence-corrected chi connectivity index (χ3v) is 5.23. The predicted octanol–water partition coefficient (Wildman–Crippen LogP) is 2.24. The number of nitrogens with one attached hydrogen (secondary N) is 2. The summed E-state index contributed by atoms with van der Waals surface area (Å²) in [6.07, 6.45) is 3.25. The molecule has 1 aliphatic rings. The van der Waals surface area contributed by atoms with Gasteiger partial charge in [0, 0.05) is 19.1 Å². The molecule has 112 valence electrons. The molecule has 0 amide bonds. The van der Waals surface area contributed by atoms with Gasteiger partial charge in [0.2, 0.25) is 10.0 Å². The van der Waals surface area contributed by atoms with Gasteiger partial charge in [0.25, 0.3) is 0 Å². The number of aryl methyl sites for hydroxylation is 2. The minimum absolute atomic E-state index is 0.407. The zero-order valence-electron chi connectivity index (χ0n) is 12.5. The summed E-state index contributed by atoms with van der Waals surface area (Å²) in [6.45, 7) is 7.06. The topological polar surface area (TPSA) is 58.2 Å². The van der Waals surface area contributed by atoms with Crippen molar-refractivity contribution in [1.82, 2.24) is 10.0 Å². The van der Waals surface area contributed by atoms with E-state index in [1.54, 1.807) is 0 Å². The van der Waals surface area contributed by atoms with Crippen molar-refractivity contribution < 1.29 is 8.42 Å². The molecule has 5 heteroatoms. The van der Waals surface area contributed by atoms with Crippen LogP contribution in [0.4, 0.5) is 0 Å². The van der Waals surface area contributed by atoms with E-state index < -0.39 is 10.0 Å². The zero-order valence-corrected chi connectivity index (χ0v) is 13.3. The van der Waals surface area contributed by atoms with E-state index >= 15 is 0 Å². The maximum atomic E-state index is 12.3. The lowest BCUT2D eigenvalue weighted by atomic mass is 10.1. The van der Waals surface area contributed by atoms with E-state index in [-0.39, 0.29) is 0 Å². The summed E-state index contributed by atoms with van der Waals surface area (Å²) in [5.74, 6) is 0. The van der Waals surface area contributed by atoms with Crippen LogP contribution in [0, 0.1) is 13.8 Å². The van der Waals surface area contributed by atoms with Crippen LogP contribution in [0.5, 0.6) is 0 Å². The molecular formula is C15H24N2O2S. The number of sulfonamides is 1. The largest absolute Gasteiger partial charge is 0.310 e. The number of hydrogen-bond acceptors (Lipinski definition) is 3. The summed E-state index contributed by atoms with van der Waals surface area (Å²) in [6, 6.07) is 4.40. The molecule has 1 aromatic carbocycles. The van der Waals surface area contributed by atoms with Gasteiger partial charge in [0.1, 0.15) is 0 Å². The van der Waals surface area contributed by atoms with Crippen LogP contribution in [0.2, 0.25) is 0 Å². The number of benzene rings is 1. The van der Waals surface area contributed by atoms with Crippen molar-refractivity contribution in [3.05, 3.63) is 28.8 Å².